The molecule has 0 aromatic heterocycles. The number of esters is 1. The second-order valence-electron chi connectivity index (χ2n) is 6.20. The summed E-state index contributed by atoms with van der Waals surface area (Å²) in [6, 6.07) is -0.654. The predicted octanol–water partition coefficient (Wildman–Crippen LogP) is 1.65. The maximum absolute atomic E-state index is 12.3. The molecule has 1 unspecified atom stereocenters. The number of carbonyl (C=O) groups is 3. The molecule has 0 heterocycles. The SMILES string of the molecule is C=C(C)CN(CC)C(=O)COC(=O)C(NC(C)=O)C1CCCC1. The zero-order valence-electron chi connectivity index (χ0n) is 14.4. The van der Waals surface area contributed by atoms with Gasteiger partial charge in [-0.3, -0.25) is 9.59 Å². The van der Waals surface area contributed by atoms with Crippen LogP contribution < -0.4 is 5.32 Å². The minimum absolute atomic E-state index is 0.0965. The summed E-state index contributed by atoms with van der Waals surface area (Å²) in [7, 11) is 0. The van der Waals surface area contributed by atoms with Crippen LogP contribution in [0.15, 0.2) is 12.2 Å². The van der Waals surface area contributed by atoms with E-state index in [1.807, 2.05) is 13.8 Å². The number of hydrogen-bond acceptors (Lipinski definition) is 4. The van der Waals surface area contributed by atoms with Crippen LogP contribution in [0.3, 0.4) is 0 Å². The average molecular weight is 324 g/mol. The number of amides is 2. The van der Waals surface area contributed by atoms with Crippen molar-refractivity contribution >= 4 is 17.8 Å². The Kier molecular flexibility index (Phi) is 7.78. The van der Waals surface area contributed by atoms with E-state index in [9.17, 15) is 14.4 Å². The second kappa shape index (κ2) is 9.33. The zero-order valence-corrected chi connectivity index (χ0v) is 14.4. The Labute approximate surface area is 138 Å². The highest BCUT2D eigenvalue weighted by atomic mass is 16.5. The number of ether oxygens (including phenoxy) is 1. The van der Waals surface area contributed by atoms with E-state index in [0.717, 1.165) is 31.3 Å². The van der Waals surface area contributed by atoms with Gasteiger partial charge in [-0.25, -0.2) is 4.79 Å². The Balaban J connectivity index is 2.58. The molecule has 130 valence electrons. The highest BCUT2D eigenvalue weighted by Crippen LogP contribution is 2.28. The van der Waals surface area contributed by atoms with Crippen molar-refractivity contribution in [2.24, 2.45) is 5.92 Å². The average Bonchev–Trinajstić information content (AvgIpc) is 3.01. The fourth-order valence-electron chi connectivity index (χ4n) is 2.90. The quantitative estimate of drug-likeness (QED) is 0.544. The first-order chi connectivity index (χ1) is 10.8. The Morgan fingerprint density at radius 2 is 1.87 bits per heavy atom. The van der Waals surface area contributed by atoms with Gasteiger partial charge in [0.2, 0.25) is 5.91 Å². The maximum Gasteiger partial charge on any atom is 0.329 e. The highest BCUT2D eigenvalue weighted by molar-refractivity contribution is 5.86. The van der Waals surface area contributed by atoms with Gasteiger partial charge in [0.05, 0.1) is 0 Å². The number of nitrogens with zero attached hydrogens (tertiary/aromatic N) is 1. The molecule has 1 atom stereocenters. The van der Waals surface area contributed by atoms with E-state index in [0.29, 0.717) is 13.1 Å². The Bertz CT molecular complexity index is 456. The molecule has 23 heavy (non-hydrogen) atoms. The lowest BCUT2D eigenvalue weighted by molar-refractivity contribution is -0.155. The van der Waals surface area contributed by atoms with Crippen LogP contribution >= 0.6 is 0 Å². The third kappa shape index (κ3) is 6.42. The summed E-state index contributed by atoms with van der Waals surface area (Å²) in [6.45, 7) is 9.55. The van der Waals surface area contributed by atoms with Crippen molar-refractivity contribution in [3.8, 4) is 0 Å². The molecule has 0 aromatic carbocycles. The first-order valence-corrected chi connectivity index (χ1v) is 8.21. The molecule has 0 aromatic rings. The number of hydrogen-bond donors (Lipinski definition) is 1. The van der Waals surface area contributed by atoms with E-state index in [1.54, 1.807) is 4.90 Å². The summed E-state index contributed by atoms with van der Waals surface area (Å²) in [5, 5.41) is 2.67. The molecule has 1 aliphatic rings. The Morgan fingerprint density at radius 3 is 2.35 bits per heavy atom. The van der Waals surface area contributed by atoms with Gasteiger partial charge in [-0.15, -0.1) is 0 Å². The lowest BCUT2D eigenvalue weighted by atomic mass is 9.98. The topological polar surface area (TPSA) is 75.7 Å². The predicted molar refractivity (Wildman–Crippen MR) is 87.6 cm³/mol. The molecule has 6 nitrogen and oxygen atoms in total. The minimum Gasteiger partial charge on any atom is -0.454 e. The van der Waals surface area contributed by atoms with Crippen molar-refractivity contribution in [2.45, 2.75) is 52.5 Å². The summed E-state index contributed by atoms with van der Waals surface area (Å²) in [5.41, 5.74) is 0.869. The molecule has 6 heteroatoms. The van der Waals surface area contributed by atoms with Crippen LogP contribution in [0.25, 0.3) is 0 Å². The number of carbonyl (C=O) groups excluding carboxylic acids is 3. The van der Waals surface area contributed by atoms with E-state index in [-0.39, 0.29) is 24.3 Å². The van der Waals surface area contributed by atoms with E-state index in [4.69, 9.17) is 4.74 Å². The standard InChI is InChI=1S/C17H28N2O4/c1-5-19(10-12(2)3)15(21)11-23-17(22)16(18-13(4)20)14-8-6-7-9-14/h14,16H,2,5-11H2,1,3-4H3,(H,18,20). The third-order valence-electron chi connectivity index (χ3n) is 4.02. The summed E-state index contributed by atoms with van der Waals surface area (Å²) in [6.07, 6.45) is 3.89. The molecule has 0 bridgehead atoms. The molecule has 2 amide bonds. The molecule has 1 fully saturated rings. The molecule has 0 spiro atoms. The minimum atomic E-state index is -0.654. The van der Waals surface area contributed by atoms with Crippen LogP contribution in [-0.4, -0.2) is 48.4 Å². The molecular formula is C17H28N2O4. The smallest absolute Gasteiger partial charge is 0.329 e. The van der Waals surface area contributed by atoms with E-state index in [1.165, 1.54) is 6.92 Å². The number of nitrogens with one attached hydrogen (secondary N) is 1. The van der Waals surface area contributed by atoms with Gasteiger partial charge < -0.3 is 15.0 Å². The van der Waals surface area contributed by atoms with Gasteiger partial charge in [0.25, 0.3) is 5.91 Å². The van der Waals surface area contributed by atoms with E-state index in [2.05, 4.69) is 11.9 Å². The highest BCUT2D eigenvalue weighted by Gasteiger charge is 2.33. The normalized spacial score (nSPS) is 15.8. The monoisotopic (exact) mass is 324 g/mol. The van der Waals surface area contributed by atoms with Gasteiger partial charge in [0, 0.05) is 20.0 Å². The van der Waals surface area contributed by atoms with Crippen molar-refractivity contribution in [2.75, 3.05) is 19.7 Å². The van der Waals surface area contributed by atoms with Crippen LogP contribution in [0.5, 0.6) is 0 Å². The Hall–Kier alpha value is -1.85. The van der Waals surface area contributed by atoms with Gasteiger partial charge in [-0.05, 0) is 32.6 Å². The maximum atomic E-state index is 12.3. The van der Waals surface area contributed by atoms with Gasteiger partial charge in [-0.2, -0.15) is 0 Å². The van der Waals surface area contributed by atoms with Gasteiger partial charge >= 0.3 is 5.97 Å². The first kappa shape index (κ1) is 19.2. The molecule has 1 saturated carbocycles. The molecular weight excluding hydrogens is 296 g/mol. The Morgan fingerprint density at radius 1 is 1.26 bits per heavy atom. The third-order valence-corrected chi connectivity index (χ3v) is 4.02. The van der Waals surface area contributed by atoms with Crippen molar-refractivity contribution in [1.82, 2.24) is 10.2 Å². The van der Waals surface area contributed by atoms with Crippen LogP contribution in [-0.2, 0) is 19.1 Å². The van der Waals surface area contributed by atoms with Crippen molar-refractivity contribution in [3.05, 3.63) is 12.2 Å². The molecule has 0 radical (unpaired) electrons. The van der Waals surface area contributed by atoms with Crippen LogP contribution in [0.2, 0.25) is 0 Å². The lowest BCUT2D eigenvalue weighted by Gasteiger charge is -2.24. The largest absolute Gasteiger partial charge is 0.454 e. The van der Waals surface area contributed by atoms with Crippen LogP contribution in [0.1, 0.15) is 46.5 Å². The van der Waals surface area contributed by atoms with Gasteiger partial charge in [0.15, 0.2) is 6.61 Å². The van der Waals surface area contributed by atoms with Gasteiger partial charge in [-0.1, -0.05) is 25.0 Å². The van der Waals surface area contributed by atoms with Crippen LogP contribution in [0, 0.1) is 5.92 Å². The fraction of sp³-hybridized carbons (Fsp3) is 0.706. The van der Waals surface area contributed by atoms with Crippen molar-refractivity contribution in [3.63, 3.8) is 0 Å². The number of rotatable bonds is 8. The molecule has 0 saturated heterocycles. The van der Waals surface area contributed by atoms with Crippen molar-refractivity contribution < 1.29 is 19.1 Å². The summed E-state index contributed by atoms with van der Waals surface area (Å²) in [4.78, 5) is 37.3. The van der Waals surface area contributed by atoms with Gasteiger partial charge in [0.1, 0.15) is 6.04 Å². The molecule has 1 aliphatic carbocycles. The second-order valence-corrected chi connectivity index (χ2v) is 6.20. The van der Waals surface area contributed by atoms with E-state index < -0.39 is 12.0 Å². The zero-order chi connectivity index (χ0) is 17.4. The fourth-order valence-corrected chi connectivity index (χ4v) is 2.90. The van der Waals surface area contributed by atoms with Crippen molar-refractivity contribution in [1.29, 1.82) is 0 Å². The number of likely N-dealkylation sites (N-methyl/N-ethyl adjacent to an activating group) is 1. The summed E-state index contributed by atoms with van der Waals surface area (Å²) < 4.78 is 5.17. The molecule has 0 aliphatic heterocycles. The summed E-state index contributed by atoms with van der Waals surface area (Å²) in [5.74, 6) is -0.939. The molecule has 1 rings (SSSR count). The molecule has 1 N–H and O–H groups in total. The summed E-state index contributed by atoms with van der Waals surface area (Å²) >= 11 is 0. The van der Waals surface area contributed by atoms with Crippen LogP contribution in [0.4, 0.5) is 0 Å². The lowest BCUT2D eigenvalue weighted by Crippen LogP contribution is -2.46. The van der Waals surface area contributed by atoms with E-state index >= 15 is 0 Å². The first-order valence-electron chi connectivity index (χ1n) is 8.21.